The number of nitrogens with one attached hydrogen (secondary N) is 2. The number of terminal acetylenes is 1. The lowest BCUT2D eigenvalue weighted by atomic mass is 10.3. The highest BCUT2D eigenvalue weighted by Gasteiger charge is 2.07. The number of aromatic nitrogens is 1. The Balaban J connectivity index is 2.61. The molecule has 2 N–H and O–H groups in total. The van der Waals surface area contributed by atoms with Gasteiger partial charge in [0.05, 0.1) is 13.0 Å². The van der Waals surface area contributed by atoms with E-state index < -0.39 is 0 Å². The second-order valence-electron chi connectivity index (χ2n) is 2.72. The summed E-state index contributed by atoms with van der Waals surface area (Å²) in [6, 6.07) is 0. The molecular formula is C9H10N2OS2. The minimum absolute atomic E-state index is 0.0729. The number of H-pyrrole nitrogens is 1. The second-order valence-corrected chi connectivity index (χ2v) is 4.49. The molecule has 3 nitrogen and oxygen atoms in total. The molecule has 0 saturated heterocycles. The molecule has 0 bridgehead atoms. The van der Waals surface area contributed by atoms with Gasteiger partial charge in [-0.05, 0) is 19.1 Å². The van der Waals surface area contributed by atoms with Gasteiger partial charge in [0.15, 0.2) is 3.95 Å². The summed E-state index contributed by atoms with van der Waals surface area (Å²) in [5.74, 6) is 2.27. The molecule has 1 aromatic rings. The summed E-state index contributed by atoms with van der Waals surface area (Å²) in [5.41, 5.74) is 0.954. The molecule has 1 aromatic heterocycles. The highest BCUT2D eigenvalue weighted by molar-refractivity contribution is 7.73. The van der Waals surface area contributed by atoms with Crippen molar-refractivity contribution in [3.8, 4) is 12.3 Å². The van der Waals surface area contributed by atoms with Crippen molar-refractivity contribution in [3.05, 3.63) is 14.5 Å². The van der Waals surface area contributed by atoms with Crippen molar-refractivity contribution < 1.29 is 4.79 Å². The summed E-state index contributed by atoms with van der Waals surface area (Å²) >= 11 is 6.38. The van der Waals surface area contributed by atoms with Crippen molar-refractivity contribution in [2.24, 2.45) is 0 Å². The van der Waals surface area contributed by atoms with Crippen LogP contribution in [-0.4, -0.2) is 17.4 Å². The lowest BCUT2D eigenvalue weighted by Gasteiger charge is -1.99. The SMILES string of the molecule is C#CCNC(=O)Cc1sc(=S)[nH]c1C. The molecule has 1 rings (SSSR count). The molecule has 74 valence electrons. The topological polar surface area (TPSA) is 44.9 Å². The summed E-state index contributed by atoms with van der Waals surface area (Å²) < 4.78 is 0.697. The fourth-order valence-electron chi connectivity index (χ4n) is 0.963. The van der Waals surface area contributed by atoms with E-state index in [1.165, 1.54) is 11.3 Å². The standard InChI is InChI=1S/C9H10N2OS2/c1-3-4-10-8(12)5-7-6(2)11-9(13)14-7/h1H,4-5H2,2H3,(H,10,12)(H,11,13). The van der Waals surface area contributed by atoms with Crippen LogP contribution in [0.5, 0.6) is 0 Å². The molecule has 0 aromatic carbocycles. The average Bonchev–Trinajstić information content (AvgIpc) is 2.42. The zero-order chi connectivity index (χ0) is 10.6. The van der Waals surface area contributed by atoms with E-state index in [0.29, 0.717) is 10.4 Å². The van der Waals surface area contributed by atoms with E-state index in [2.05, 4.69) is 16.2 Å². The number of thiazole rings is 1. The smallest absolute Gasteiger partial charge is 0.226 e. The van der Waals surface area contributed by atoms with Crippen molar-refractivity contribution in [2.75, 3.05) is 6.54 Å². The van der Waals surface area contributed by atoms with Crippen LogP contribution in [0, 0.1) is 23.2 Å². The lowest BCUT2D eigenvalue weighted by molar-refractivity contribution is -0.120. The van der Waals surface area contributed by atoms with Gasteiger partial charge in [-0.15, -0.1) is 17.8 Å². The molecule has 0 atom stereocenters. The highest BCUT2D eigenvalue weighted by atomic mass is 32.1. The molecule has 0 unspecified atom stereocenters. The van der Waals surface area contributed by atoms with Crippen molar-refractivity contribution in [1.29, 1.82) is 0 Å². The van der Waals surface area contributed by atoms with Gasteiger partial charge in [-0.2, -0.15) is 0 Å². The van der Waals surface area contributed by atoms with Crippen molar-refractivity contribution in [3.63, 3.8) is 0 Å². The van der Waals surface area contributed by atoms with Crippen LogP contribution < -0.4 is 5.32 Å². The lowest BCUT2D eigenvalue weighted by Crippen LogP contribution is -2.25. The van der Waals surface area contributed by atoms with Gasteiger partial charge < -0.3 is 10.3 Å². The maximum atomic E-state index is 11.3. The quantitative estimate of drug-likeness (QED) is 0.604. The number of aromatic amines is 1. The van der Waals surface area contributed by atoms with Gasteiger partial charge in [0.2, 0.25) is 5.91 Å². The van der Waals surface area contributed by atoms with Crippen LogP contribution >= 0.6 is 23.6 Å². The predicted molar refractivity (Wildman–Crippen MR) is 59.8 cm³/mol. The first kappa shape index (κ1) is 11.0. The van der Waals surface area contributed by atoms with Gasteiger partial charge in [-0.25, -0.2) is 0 Å². The number of hydrogen-bond acceptors (Lipinski definition) is 3. The Hall–Kier alpha value is -1.12. The maximum absolute atomic E-state index is 11.3. The first-order valence-electron chi connectivity index (χ1n) is 4.02. The van der Waals surface area contributed by atoms with Gasteiger partial charge in [-0.1, -0.05) is 5.92 Å². The number of carbonyl (C=O) groups is 1. The molecule has 1 heterocycles. The van der Waals surface area contributed by atoms with Crippen LogP contribution in [0.2, 0.25) is 0 Å². The van der Waals surface area contributed by atoms with Gasteiger partial charge in [0.1, 0.15) is 0 Å². The minimum Gasteiger partial charge on any atom is -0.345 e. The van der Waals surface area contributed by atoms with Crippen LogP contribution in [0.4, 0.5) is 0 Å². The summed E-state index contributed by atoms with van der Waals surface area (Å²) in [7, 11) is 0. The molecule has 0 spiro atoms. The first-order chi connectivity index (χ1) is 6.63. The van der Waals surface area contributed by atoms with Crippen LogP contribution in [-0.2, 0) is 11.2 Å². The summed E-state index contributed by atoms with van der Waals surface area (Å²) in [6.45, 7) is 2.17. The Bertz CT molecular complexity index is 425. The van der Waals surface area contributed by atoms with Gasteiger partial charge in [0.25, 0.3) is 0 Å². The second kappa shape index (κ2) is 4.94. The third kappa shape index (κ3) is 2.98. The van der Waals surface area contributed by atoms with E-state index >= 15 is 0 Å². The molecule has 0 fully saturated rings. The fourth-order valence-corrected chi connectivity index (χ4v) is 2.25. The number of aryl methyl sites for hydroxylation is 1. The monoisotopic (exact) mass is 226 g/mol. The highest BCUT2D eigenvalue weighted by Crippen LogP contribution is 2.14. The molecule has 0 aliphatic rings. The third-order valence-electron chi connectivity index (χ3n) is 1.63. The molecular weight excluding hydrogens is 216 g/mol. The zero-order valence-electron chi connectivity index (χ0n) is 7.72. The number of carbonyl (C=O) groups excluding carboxylic acids is 1. The van der Waals surface area contributed by atoms with E-state index in [9.17, 15) is 4.79 Å². The van der Waals surface area contributed by atoms with E-state index in [-0.39, 0.29) is 12.5 Å². The number of hydrogen-bond donors (Lipinski definition) is 2. The fraction of sp³-hybridized carbons (Fsp3) is 0.333. The largest absolute Gasteiger partial charge is 0.345 e. The van der Waals surface area contributed by atoms with Gasteiger partial charge in [-0.3, -0.25) is 4.79 Å². The van der Waals surface area contributed by atoms with Crippen LogP contribution in [0.25, 0.3) is 0 Å². The van der Waals surface area contributed by atoms with E-state index in [1.54, 1.807) is 0 Å². The Kier molecular flexibility index (Phi) is 3.86. The molecule has 5 heteroatoms. The summed E-state index contributed by atoms with van der Waals surface area (Å²) in [4.78, 5) is 15.2. The predicted octanol–water partition coefficient (Wildman–Crippen LogP) is 1.41. The third-order valence-corrected chi connectivity index (χ3v) is 2.97. The molecule has 0 aliphatic carbocycles. The Labute approximate surface area is 91.6 Å². The van der Waals surface area contributed by atoms with E-state index in [4.69, 9.17) is 18.6 Å². The molecule has 0 saturated carbocycles. The molecule has 0 radical (unpaired) electrons. The minimum atomic E-state index is -0.0729. The zero-order valence-corrected chi connectivity index (χ0v) is 9.35. The van der Waals surface area contributed by atoms with Crippen LogP contribution in [0.15, 0.2) is 0 Å². The number of amides is 1. The average molecular weight is 226 g/mol. The Morgan fingerprint density at radius 2 is 2.50 bits per heavy atom. The molecule has 14 heavy (non-hydrogen) atoms. The van der Waals surface area contributed by atoms with Crippen LogP contribution in [0.1, 0.15) is 10.6 Å². The van der Waals surface area contributed by atoms with Crippen molar-refractivity contribution in [1.82, 2.24) is 10.3 Å². The maximum Gasteiger partial charge on any atom is 0.226 e. The Morgan fingerprint density at radius 1 is 1.79 bits per heavy atom. The summed E-state index contributed by atoms with van der Waals surface area (Å²) in [5, 5.41) is 2.60. The van der Waals surface area contributed by atoms with Crippen molar-refractivity contribution >= 4 is 29.5 Å². The summed E-state index contributed by atoms with van der Waals surface area (Å²) in [6.07, 6.45) is 5.36. The Morgan fingerprint density at radius 3 is 3.00 bits per heavy atom. The molecule has 0 aliphatic heterocycles. The van der Waals surface area contributed by atoms with Gasteiger partial charge >= 0.3 is 0 Å². The van der Waals surface area contributed by atoms with Crippen LogP contribution in [0.3, 0.4) is 0 Å². The molecule has 1 amide bonds. The first-order valence-corrected chi connectivity index (χ1v) is 5.24. The number of rotatable bonds is 3. The van der Waals surface area contributed by atoms with Crippen molar-refractivity contribution in [2.45, 2.75) is 13.3 Å². The normalized spacial score (nSPS) is 9.43. The van der Waals surface area contributed by atoms with Gasteiger partial charge in [0, 0.05) is 10.6 Å². The van der Waals surface area contributed by atoms with E-state index in [1.807, 2.05) is 6.92 Å². The van der Waals surface area contributed by atoms with E-state index in [0.717, 1.165) is 10.6 Å².